The molecule has 0 aromatic carbocycles. The van der Waals surface area contributed by atoms with E-state index in [1.54, 1.807) is 0 Å². The fraction of sp³-hybridized carbons (Fsp3) is 1.00. The average Bonchev–Trinajstić information content (AvgIpc) is 2.57. The third kappa shape index (κ3) is 4.84. The maximum absolute atomic E-state index is 12.0. The highest BCUT2D eigenvalue weighted by molar-refractivity contribution is 7.89. The molecule has 2 N–H and O–H groups in total. The third-order valence-corrected chi connectivity index (χ3v) is 5.07. The van der Waals surface area contributed by atoms with Crippen LogP contribution in [0.1, 0.15) is 40.0 Å². The van der Waals surface area contributed by atoms with Gasteiger partial charge in [0.05, 0.1) is 17.4 Å². The van der Waals surface area contributed by atoms with E-state index in [9.17, 15) is 8.42 Å². The van der Waals surface area contributed by atoms with Crippen LogP contribution in [0.5, 0.6) is 0 Å². The molecular formula is C12H26N2O3S. The molecule has 1 aliphatic rings. The summed E-state index contributed by atoms with van der Waals surface area (Å²) in [5.41, 5.74) is -0.449. The summed E-state index contributed by atoms with van der Waals surface area (Å²) in [6, 6.07) is 0. The van der Waals surface area contributed by atoms with E-state index in [2.05, 4.69) is 17.0 Å². The minimum atomic E-state index is -3.21. The second-order valence-electron chi connectivity index (χ2n) is 5.20. The van der Waals surface area contributed by atoms with Crippen molar-refractivity contribution in [3.63, 3.8) is 0 Å². The van der Waals surface area contributed by atoms with Gasteiger partial charge in [0.25, 0.3) is 0 Å². The highest BCUT2D eigenvalue weighted by Gasteiger charge is 2.39. The molecule has 0 aliphatic carbocycles. The summed E-state index contributed by atoms with van der Waals surface area (Å²) in [7, 11) is -3.21. The lowest BCUT2D eigenvalue weighted by Crippen LogP contribution is -2.51. The molecule has 0 aromatic heterocycles. The standard InChI is InChI=1S/C12H26N2O3S/c1-4-7-13-8-5-10-18(15,16)14-12(3)6-9-17-11(12)2/h11,13-14H,4-10H2,1-3H3. The van der Waals surface area contributed by atoms with Crippen LogP contribution in [0.3, 0.4) is 0 Å². The summed E-state index contributed by atoms with van der Waals surface area (Å²) >= 11 is 0. The van der Waals surface area contributed by atoms with Gasteiger partial charge in [0.15, 0.2) is 0 Å². The van der Waals surface area contributed by atoms with E-state index in [-0.39, 0.29) is 11.9 Å². The molecule has 0 amide bonds. The minimum absolute atomic E-state index is 0.0644. The lowest BCUT2D eigenvalue weighted by Gasteiger charge is -2.28. The number of hydrogen-bond acceptors (Lipinski definition) is 4. The summed E-state index contributed by atoms with van der Waals surface area (Å²) in [4.78, 5) is 0. The first-order chi connectivity index (χ1) is 8.40. The average molecular weight is 278 g/mol. The van der Waals surface area contributed by atoms with Crippen LogP contribution in [0.4, 0.5) is 0 Å². The Kier molecular flexibility index (Phi) is 6.04. The highest BCUT2D eigenvalue weighted by Crippen LogP contribution is 2.25. The van der Waals surface area contributed by atoms with Crippen molar-refractivity contribution in [1.29, 1.82) is 0 Å². The topological polar surface area (TPSA) is 67.4 Å². The SMILES string of the molecule is CCCNCCCS(=O)(=O)NC1(C)CCOC1C. The first-order valence-corrected chi connectivity index (χ1v) is 8.39. The molecule has 1 heterocycles. The first-order valence-electron chi connectivity index (χ1n) is 6.73. The van der Waals surface area contributed by atoms with Crippen molar-refractivity contribution in [2.75, 3.05) is 25.4 Å². The largest absolute Gasteiger partial charge is 0.376 e. The third-order valence-electron chi connectivity index (χ3n) is 3.47. The van der Waals surface area contributed by atoms with Gasteiger partial charge >= 0.3 is 0 Å². The van der Waals surface area contributed by atoms with Crippen molar-refractivity contribution < 1.29 is 13.2 Å². The van der Waals surface area contributed by atoms with Gasteiger partial charge in [-0.3, -0.25) is 0 Å². The van der Waals surface area contributed by atoms with Gasteiger partial charge in [0, 0.05) is 6.61 Å². The van der Waals surface area contributed by atoms with Gasteiger partial charge < -0.3 is 10.1 Å². The zero-order chi connectivity index (χ0) is 13.6. The quantitative estimate of drug-likeness (QED) is 0.646. The van der Waals surface area contributed by atoms with Crippen molar-refractivity contribution >= 4 is 10.0 Å². The molecule has 0 bridgehead atoms. The second kappa shape index (κ2) is 6.84. The van der Waals surface area contributed by atoms with Crippen LogP contribution in [-0.2, 0) is 14.8 Å². The molecule has 6 heteroatoms. The molecule has 1 fully saturated rings. The van der Waals surface area contributed by atoms with Crippen LogP contribution in [-0.4, -0.2) is 45.5 Å². The summed E-state index contributed by atoms with van der Waals surface area (Å²) < 4.78 is 32.2. The van der Waals surface area contributed by atoms with Gasteiger partial charge in [-0.1, -0.05) is 6.92 Å². The van der Waals surface area contributed by atoms with Crippen LogP contribution in [0, 0.1) is 0 Å². The van der Waals surface area contributed by atoms with E-state index >= 15 is 0 Å². The highest BCUT2D eigenvalue weighted by atomic mass is 32.2. The molecule has 2 unspecified atom stereocenters. The normalized spacial score (nSPS) is 28.7. The number of ether oxygens (including phenoxy) is 1. The molecule has 5 nitrogen and oxygen atoms in total. The molecule has 1 saturated heterocycles. The summed E-state index contributed by atoms with van der Waals surface area (Å²) in [5.74, 6) is 0.173. The lowest BCUT2D eigenvalue weighted by molar-refractivity contribution is 0.0957. The molecule has 1 aliphatic heterocycles. The Labute approximate surface area is 111 Å². The maximum Gasteiger partial charge on any atom is 0.212 e. The van der Waals surface area contributed by atoms with Crippen LogP contribution in [0.25, 0.3) is 0 Å². The Bertz CT molecular complexity index is 345. The summed E-state index contributed by atoms with van der Waals surface area (Å²) in [6.45, 7) is 8.23. The molecule has 0 aromatic rings. The predicted octanol–water partition coefficient (Wildman–Crippen LogP) is 0.863. The molecule has 0 radical (unpaired) electrons. The van der Waals surface area contributed by atoms with Crippen molar-refractivity contribution in [2.24, 2.45) is 0 Å². The summed E-state index contributed by atoms with van der Waals surface area (Å²) in [6.07, 6.45) is 2.38. The smallest absolute Gasteiger partial charge is 0.212 e. The Morgan fingerprint density at radius 2 is 2.11 bits per heavy atom. The molecule has 18 heavy (non-hydrogen) atoms. The second-order valence-corrected chi connectivity index (χ2v) is 7.05. The van der Waals surface area contributed by atoms with Gasteiger partial charge in [-0.05, 0) is 46.2 Å². The maximum atomic E-state index is 12.0. The minimum Gasteiger partial charge on any atom is -0.376 e. The molecule has 0 spiro atoms. The van der Waals surface area contributed by atoms with Gasteiger partial charge in [0.2, 0.25) is 10.0 Å². The van der Waals surface area contributed by atoms with E-state index < -0.39 is 15.6 Å². The monoisotopic (exact) mass is 278 g/mol. The van der Waals surface area contributed by atoms with Crippen molar-refractivity contribution in [2.45, 2.75) is 51.7 Å². The molecule has 1 rings (SSSR count). The van der Waals surface area contributed by atoms with Crippen molar-refractivity contribution in [3.05, 3.63) is 0 Å². The number of sulfonamides is 1. The molecule has 0 saturated carbocycles. The molecular weight excluding hydrogens is 252 g/mol. The summed E-state index contributed by atoms with van der Waals surface area (Å²) in [5, 5.41) is 3.20. The van der Waals surface area contributed by atoms with Crippen molar-refractivity contribution in [1.82, 2.24) is 10.0 Å². The van der Waals surface area contributed by atoms with Gasteiger partial charge in [-0.25, -0.2) is 13.1 Å². The Hall–Kier alpha value is -0.170. The predicted molar refractivity (Wildman–Crippen MR) is 73.1 cm³/mol. The molecule has 108 valence electrons. The van der Waals surface area contributed by atoms with Crippen LogP contribution in [0.2, 0.25) is 0 Å². The van der Waals surface area contributed by atoms with E-state index in [1.165, 1.54) is 0 Å². The van der Waals surface area contributed by atoms with E-state index in [4.69, 9.17) is 4.74 Å². The van der Waals surface area contributed by atoms with E-state index in [0.29, 0.717) is 13.0 Å². The zero-order valence-corrected chi connectivity index (χ0v) is 12.5. The Morgan fingerprint density at radius 3 is 2.67 bits per heavy atom. The van der Waals surface area contributed by atoms with Gasteiger partial charge in [-0.2, -0.15) is 0 Å². The fourth-order valence-electron chi connectivity index (χ4n) is 2.06. The Balaban J connectivity index is 2.35. The van der Waals surface area contributed by atoms with E-state index in [1.807, 2.05) is 13.8 Å². The van der Waals surface area contributed by atoms with E-state index in [0.717, 1.165) is 25.9 Å². The molecule has 2 atom stereocenters. The van der Waals surface area contributed by atoms with Gasteiger partial charge in [0.1, 0.15) is 0 Å². The van der Waals surface area contributed by atoms with Crippen molar-refractivity contribution in [3.8, 4) is 0 Å². The van der Waals surface area contributed by atoms with Gasteiger partial charge in [-0.15, -0.1) is 0 Å². The van der Waals surface area contributed by atoms with Crippen LogP contribution >= 0.6 is 0 Å². The van der Waals surface area contributed by atoms with Crippen LogP contribution < -0.4 is 10.0 Å². The van der Waals surface area contributed by atoms with Crippen LogP contribution in [0.15, 0.2) is 0 Å². The number of rotatable bonds is 8. The Morgan fingerprint density at radius 1 is 1.39 bits per heavy atom. The lowest BCUT2D eigenvalue weighted by atomic mass is 9.97. The fourth-order valence-corrected chi connectivity index (χ4v) is 3.67. The zero-order valence-electron chi connectivity index (χ0n) is 11.7. The first kappa shape index (κ1) is 15.9. The number of hydrogen-bond donors (Lipinski definition) is 2. The number of nitrogens with one attached hydrogen (secondary N) is 2.